The number of fused-ring (bicyclic) bond motifs is 1. The van der Waals surface area contributed by atoms with Crippen LogP contribution in [0, 0.1) is 0 Å². The van der Waals surface area contributed by atoms with Gasteiger partial charge in [-0.05, 0) is 18.6 Å². The summed E-state index contributed by atoms with van der Waals surface area (Å²) < 4.78 is 11.2. The first-order valence-electron chi connectivity index (χ1n) is 7.03. The molecule has 0 saturated heterocycles. The van der Waals surface area contributed by atoms with Crippen LogP contribution in [0.25, 0.3) is 11.1 Å². The Morgan fingerprint density at radius 1 is 1.21 bits per heavy atom. The van der Waals surface area contributed by atoms with Crippen LogP contribution in [0.4, 0.5) is 5.69 Å². The van der Waals surface area contributed by atoms with Crippen molar-refractivity contribution < 1.29 is 9.15 Å². The zero-order valence-corrected chi connectivity index (χ0v) is 11.5. The summed E-state index contributed by atoms with van der Waals surface area (Å²) in [5.74, 6) is 0.599. The average molecular weight is 262 g/mol. The van der Waals surface area contributed by atoms with Crippen LogP contribution in [0.15, 0.2) is 22.6 Å². The number of unbranched alkanes of at least 4 members (excludes halogenated alkanes) is 4. The van der Waals surface area contributed by atoms with E-state index >= 15 is 0 Å². The van der Waals surface area contributed by atoms with Gasteiger partial charge in [-0.2, -0.15) is 0 Å². The number of hydrogen-bond acceptors (Lipinski definition) is 4. The Bertz CT molecular complexity index is 508. The number of para-hydroxylation sites is 1. The molecule has 0 atom stereocenters. The van der Waals surface area contributed by atoms with E-state index in [1.54, 1.807) is 0 Å². The van der Waals surface area contributed by atoms with Crippen LogP contribution in [0.2, 0.25) is 0 Å². The summed E-state index contributed by atoms with van der Waals surface area (Å²) in [6.45, 7) is 3.40. The molecule has 0 spiro atoms. The standard InChI is InChI=1S/C15H22N2O2/c1-2-3-4-5-6-10-18-11-14-17-15-12(16)8-7-9-13(15)19-14/h7-9H,2-6,10-11,16H2,1H3. The third-order valence-corrected chi connectivity index (χ3v) is 3.11. The monoisotopic (exact) mass is 262 g/mol. The second-order valence-corrected chi connectivity index (χ2v) is 4.77. The molecule has 2 aromatic rings. The van der Waals surface area contributed by atoms with Crippen molar-refractivity contribution >= 4 is 16.8 Å². The molecule has 0 fully saturated rings. The highest BCUT2D eigenvalue weighted by Gasteiger charge is 2.07. The number of nitrogen functional groups attached to an aromatic ring is 1. The van der Waals surface area contributed by atoms with Gasteiger partial charge in [-0.25, -0.2) is 4.98 Å². The summed E-state index contributed by atoms with van der Waals surface area (Å²) in [5, 5.41) is 0. The third-order valence-electron chi connectivity index (χ3n) is 3.11. The molecule has 0 aliphatic rings. The molecular weight excluding hydrogens is 240 g/mol. The van der Waals surface area contributed by atoms with Gasteiger partial charge in [0.15, 0.2) is 5.58 Å². The third kappa shape index (κ3) is 3.96. The van der Waals surface area contributed by atoms with Crippen LogP contribution in [0.3, 0.4) is 0 Å². The van der Waals surface area contributed by atoms with E-state index < -0.39 is 0 Å². The molecule has 1 heterocycles. The minimum absolute atomic E-state index is 0.419. The van der Waals surface area contributed by atoms with E-state index in [4.69, 9.17) is 14.9 Å². The van der Waals surface area contributed by atoms with Crippen LogP contribution < -0.4 is 5.73 Å². The van der Waals surface area contributed by atoms with Gasteiger partial charge in [0.05, 0.1) is 5.69 Å². The Labute approximate surface area is 114 Å². The van der Waals surface area contributed by atoms with Gasteiger partial charge in [-0.3, -0.25) is 0 Å². The van der Waals surface area contributed by atoms with Crippen LogP contribution in [-0.4, -0.2) is 11.6 Å². The number of anilines is 1. The highest BCUT2D eigenvalue weighted by molar-refractivity contribution is 5.85. The molecule has 4 nitrogen and oxygen atoms in total. The molecule has 0 unspecified atom stereocenters. The van der Waals surface area contributed by atoms with E-state index in [1.165, 1.54) is 25.7 Å². The molecule has 1 aromatic carbocycles. The summed E-state index contributed by atoms with van der Waals surface area (Å²) in [5.41, 5.74) is 7.92. The van der Waals surface area contributed by atoms with Crippen molar-refractivity contribution in [1.82, 2.24) is 4.98 Å². The Kier molecular flexibility index (Phi) is 5.21. The van der Waals surface area contributed by atoms with Crippen molar-refractivity contribution in [2.75, 3.05) is 12.3 Å². The molecule has 104 valence electrons. The first-order chi connectivity index (χ1) is 9.31. The van der Waals surface area contributed by atoms with Crippen LogP contribution in [0.1, 0.15) is 44.9 Å². The van der Waals surface area contributed by atoms with E-state index in [2.05, 4.69) is 11.9 Å². The highest BCUT2D eigenvalue weighted by atomic mass is 16.5. The largest absolute Gasteiger partial charge is 0.438 e. The summed E-state index contributed by atoms with van der Waals surface area (Å²) in [7, 11) is 0. The van der Waals surface area contributed by atoms with Crippen LogP contribution in [-0.2, 0) is 11.3 Å². The van der Waals surface area contributed by atoms with Crippen molar-refractivity contribution in [3.8, 4) is 0 Å². The number of aromatic nitrogens is 1. The SMILES string of the molecule is CCCCCCCOCc1nc2c(N)cccc2o1. The average Bonchev–Trinajstić information content (AvgIpc) is 2.82. The molecule has 0 aliphatic carbocycles. The number of benzene rings is 1. The van der Waals surface area contributed by atoms with E-state index in [9.17, 15) is 0 Å². The fourth-order valence-corrected chi connectivity index (χ4v) is 2.04. The van der Waals surface area contributed by atoms with E-state index in [0.29, 0.717) is 18.2 Å². The quantitative estimate of drug-likeness (QED) is 0.579. The molecular formula is C15H22N2O2. The van der Waals surface area contributed by atoms with Crippen molar-refractivity contribution in [1.29, 1.82) is 0 Å². The summed E-state index contributed by atoms with van der Waals surface area (Å²) in [6.07, 6.45) is 6.20. The number of ether oxygens (including phenoxy) is 1. The summed E-state index contributed by atoms with van der Waals surface area (Å²) in [4.78, 5) is 4.34. The van der Waals surface area contributed by atoms with Gasteiger partial charge in [0.1, 0.15) is 12.1 Å². The minimum Gasteiger partial charge on any atom is -0.438 e. The molecule has 2 N–H and O–H groups in total. The Hall–Kier alpha value is -1.55. The van der Waals surface area contributed by atoms with Crippen LogP contribution >= 0.6 is 0 Å². The Morgan fingerprint density at radius 3 is 2.84 bits per heavy atom. The predicted octanol–water partition coefficient (Wildman–Crippen LogP) is 3.90. The van der Waals surface area contributed by atoms with Gasteiger partial charge in [0.2, 0.25) is 5.89 Å². The van der Waals surface area contributed by atoms with Crippen molar-refractivity contribution in [3.05, 3.63) is 24.1 Å². The molecule has 0 radical (unpaired) electrons. The second-order valence-electron chi connectivity index (χ2n) is 4.77. The molecule has 2 rings (SSSR count). The Balaban J connectivity index is 1.74. The lowest BCUT2D eigenvalue weighted by molar-refractivity contribution is 0.100. The number of hydrogen-bond donors (Lipinski definition) is 1. The molecule has 0 bridgehead atoms. The predicted molar refractivity (Wildman–Crippen MR) is 76.8 cm³/mol. The normalized spacial score (nSPS) is 11.2. The van der Waals surface area contributed by atoms with Gasteiger partial charge >= 0.3 is 0 Å². The summed E-state index contributed by atoms with van der Waals surface area (Å²) >= 11 is 0. The fraction of sp³-hybridized carbons (Fsp3) is 0.533. The van der Waals surface area contributed by atoms with E-state index in [1.807, 2.05) is 18.2 Å². The molecule has 0 saturated carbocycles. The zero-order chi connectivity index (χ0) is 13.5. The van der Waals surface area contributed by atoms with Gasteiger partial charge in [0, 0.05) is 6.61 Å². The molecule has 1 aromatic heterocycles. The second kappa shape index (κ2) is 7.14. The van der Waals surface area contributed by atoms with Gasteiger partial charge in [0.25, 0.3) is 0 Å². The lowest BCUT2D eigenvalue weighted by atomic mass is 10.2. The molecule has 0 aliphatic heterocycles. The maximum absolute atomic E-state index is 5.83. The molecule has 0 amide bonds. The van der Waals surface area contributed by atoms with Crippen LogP contribution in [0.5, 0.6) is 0 Å². The van der Waals surface area contributed by atoms with Crippen molar-refractivity contribution in [3.63, 3.8) is 0 Å². The Morgan fingerprint density at radius 2 is 2.05 bits per heavy atom. The number of nitrogens with zero attached hydrogens (tertiary/aromatic N) is 1. The maximum Gasteiger partial charge on any atom is 0.221 e. The lowest BCUT2D eigenvalue weighted by Crippen LogP contribution is -1.96. The first kappa shape index (κ1) is 13.9. The van der Waals surface area contributed by atoms with Crippen molar-refractivity contribution in [2.45, 2.75) is 45.6 Å². The fourth-order valence-electron chi connectivity index (χ4n) is 2.04. The maximum atomic E-state index is 5.83. The zero-order valence-electron chi connectivity index (χ0n) is 11.5. The first-order valence-corrected chi connectivity index (χ1v) is 7.03. The van der Waals surface area contributed by atoms with Crippen molar-refractivity contribution in [2.24, 2.45) is 0 Å². The lowest BCUT2D eigenvalue weighted by Gasteiger charge is -2.01. The number of nitrogens with two attached hydrogens (primary N) is 1. The van der Waals surface area contributed by atoms with E-state index in [-0.39, 0.29) is 0 Å². The molecule has 19 heavy (non-hydrogen) atoms. The topological polar surface area (TPSA) is 61.3 Å². The van der Waals surface area contributed by atoms with Gasteiger partial charge < -0.3 is 14.9 Å². The molecule has 4 heteroatoms. The van der Waals surface area contributed by atoms with Gasteiger partial charge in [-0.15, -0.1) is 0 Å². The number of rotatable bonds is 8. The smallest absolute Gasteiger partial charge is 0.221 e. The number of oxazole rings is 1. The van der Waals surface area contributed by atoms with Gasteiger partial charge in [-0.1, -0.05) is 38.7 Å². The van der Waals surface area contributed by atoms with E-state index in [0.717, 1.165) is 24.1 Å². The highest BCUT2D eigenvalue weighted by Crippen LogP contribution is 2.21. The minimum atomic E-state index is 0.419. The summed E-state index contributed by atoms with van der Waals surface area (Å²) in [6, 6.07) is 5.55.